The van der Waals surface area contributed by atoms with Crippen LogP contribution in [0.5, 0.6) is 0 Å². The third-order valence-electron chi connectivity index (χ3n) is 3.36. The van der Waals surface area contributed by atoms with E-state index in [1.54, 1.807) is 10.9 Å². The number of nitrogens with zero attached hydrogens (tertiary/aromatic N) is 3. The van der Waals surface area contributed by atoms with E-state index in [-0.39, 0.29) is 5.91 Å². The summed E-state index contributed by atoms with van der Waals surface area (Å²) in [6.45, 7) is 0.360. The summed E-state index contributed by atoms with van der Waals surface area (Å²) in [6, 6.07) is 5.85. The van der Waals surface area contributed by atoms with Crippen LogP contribution in [0.3, 0.4) is 0 Å². The number of carbonyl (C=O) groups is 1. The maximum Gasteiger partial charge on any atom is 0.243 e. The van der Waals surface area contributed by atoms with Crippen LogP contribution in [-0.2, 0) is 11.8 Å². The van der Waals surface area contributed by atoms with Crippen LogP contribution in [0.25, 0.3) is 11.1 Å². The Morgan fingerprint density at radius 3 is 2.84 bits per heavy atom. The molecule has 0 aliphatic carbocycles. The van der Waals surface area contributed by atoms with Crippen molar-refractivity contribution in [2.75, 3.05) is 29.5 Å². The van der Waals surface area contributed by atoms with Gasteiger partial charge >= 0.3 is 0 Å². The minimum atomic E-state index is 0.00337. The van der Waals surface area contributed by atoms with Crippen LogP contribution >= 0.6 is 0 Å². The number of aromatic nitrogens is 2. The molecule has 0 spiro atoms. The molecule has 1 aliphatic heterocycles. The van der Waals surface area contributed by atoms with Crippen molar-refractivity contribution in [2.45, 2.75) is 0 Å². The van der Waals surface area contributed by atoms with Crippen LogP contribution in [-0.4, -0.2) is 29.3 Å². The number of anilines is 3. The van der Waals surface area contributed by atoms with Crippen molar-refractivity contribution in [3.05, 3.63) is 24.4 Å². The Morgan fingerprint density at radius 1 is 1.37 bits per heavy atom. The van der Waals surface area contributed by atoms with Gasteiger partial charge in [-0.1, -0.05) is 6.07 Å². The number of aryl methyl sites for hydroxylation is 1. The largest absolute Gasteiger partial charge is 0.383 e. The van der Waals surface area contributed by atoms with Crippen molar-refractivity contribution in [3.63, 3.8) is 0 Å². The molecule has 0 atom stereocenters. The first-order valence-electron chi connectivity index (χ1n) is 5.99. The number of carbonyl (C=O) groups excluding carboxylic acids is 1. The molecule has 0 unspecified atom stereocenters. The zero-order valence-corrected chi connectivity index (χ0v) is 10.8. The normalized spacial score (nSPS) is 14.2. The smallest absolute Gasteiger partial charge is 0.243 e. The Morgan fingerprint density at radius 2 is 2.16 bits per heavy atom. The molecule has 3 rings (SSSR count). The lowest BCUT2D eigenvalue weighted by molar-refractivity contribution is -0.115. The van der Waals surface area contributed by atoms with E-state index in [0.29, 0.717) is 12.4 Å². The molecule has 0 bridgehead atoms. The Labute approximate surface area is 110 Å². The molecule has 1 amide bonds. The summed E-state index contributed by atoms with van der Waals surface area (Å²) >= 11 is 0. The quantitative estimate of drug-likeness (QED) is 0.801. The zero-order valence-electron chi connectivity index (χ0n) is 10.8. The molecular weight excluding hydrogens is 242 g/mol. The number of nitrogen functional groups attached to an aromatic ring is 1. The topological polar surface area (TPSA) is 76.2 Å². The molecule has 1 aromatic carbocycles. The maximum absolute atomic E-state index is 11.5. The number of hydrogen-bond donors (Lipinski definition) is 2. The number of amides is 1. The third-order valence-corrected chi connectivity index (χ3v) is 3.36. The molecule has 6 heteroatoms. The standard InChI is InChI=1S/C13H15N5O/c1-17-7-12(19)16-10-4-3-8(5-11(10)17)9-6-15-18(2)13(9)14/h3-6H,7,14H2,1-2H3,(H,16,19). The number of benzene rings is 1. The molecule has 98 valence electrons. The summed E-state index contributed by atoms with van der Waals surface area (Å²) in [5.74, 6) is 0.631. The number of hydrogen-bond acceptors (Lipinski definition) is 4. The van der Waals surface area contributed by atoms with Crippen LogP contribution < -0.4 is 16.0 Å². The fourth-order valence-corrected chi connectivity index (χ4v) is 2.28. The molecule has 3 N–H and O–H groups in total. The summed E-state index contributed by atoms with van der Waals surface area (Å²) in [5, 5.41) is 7.00. The highest BCUT2D eigenvalue weighted by molar-refractivity contribution is 6.01. The second-order valence-electron chi connectivity index (χ2n) is 4.70. The lowest BCUT2D eigenvalue weighted by Crippen LogP contribution is -2.35. The van der Waals surface area contributed by atoms with E-state index in [0.717, 1.165) is 22.5 Å². The molecule has 0 saturated heterocycles. The van der Waals surface area contributed by atoms with Crippen molar-refractivity contribution in [1.82, 2.24) is 9.78 Å². The summed E-state index contributed by atoms with van der Waals surface area (Å²) in [6.07, 6.45) is 1.75. The van der Waals surface area contributed by atoms with Crippen LogP contribution in [0.2, 0.25) is 0 Å². The highest BCUT2D eigenvalue weighted by Gasteiger charge is 2.20. The molecule has 0 saturated carbocycles. The second kappa shape index (κ2) is 4.01. The summed E-state index contributed by atoms with van der Waals surface area (Å²) < 4.78 is 1.64. The van der Waals surface area contributed by atoms with E-state index in [2.05, 4.69) is 10.4 Å². The molecule has 2 heterocycles. The van der Waals surface area contributed by atoms with Gasteiger partial charge in [0.05, 0.1) is 24.1 Å². The lowest BCUT2D eigenvalue weighted by Gasteiger charge is -2.27. The van der Waals surface area contributed by atoms with Crippen LogP contribution in [0.1, 0.15) is 0 Å². The van der Waals surface area contributed by atoms with Crippen LogP contribution in [0.4, 0.5) is 17.2 Å². The predicted molar refractivity (Wildman–Crippen MR) is 75.0 cm³/mol. The van der Waals surface area contributed by atoms with E-state index in [1.165, 1.54) is 0 Å². The highest BCUT2D eigenvalue weighted by atomic mass is 16.2. The van der Waals surface area contributed by atoms with Crippen molar-refractivity contribution < 1.29 is 4.79 Å². The Balaban J connectivity index is 2.09. The Bertz CT molecular complexity index is 661. The fraction of sp³-hybridized carbons (Fsp3) is 0.231. The lowest BCUT2D eigenvalue weighted by atomic mass is 10.1. The minimum Gasteiger partial charge on any atom is -0.383 e. The van der Waals surface area contributed by atoms with Gasteiger partial charge in [-0.25, -0.2) is 0 Å². The number of nitrogens with two attached hydrogens (primary N) is 1. The molecule has 19 heavy (non-hydrogen) atoms. The van der Waals surface area contributed by atoms with Crippen molar-refractivity contribution in [2.24, 2.45) is 7.05 Å². The van der Waals surface area contributed by atoms with E-state index >= 15 is 0 Å². The molecule has 0 fully saturated rings. The SMILES string of the molecule is CN1CC(=O)Nc2ccc(-c3cnn(C)c3N)cc21. The molecule has 1 aromatic heterocycles. The van der Waals surface area contributed by atoms with Gasteiger partial charge in [0.15, 0.2) is 0 Å². The minimum absolute atomic E-state index is 0.00337. The summed E-state index contributed by atoms with van der Waals surface area (Å²) in [5.41, 5.74) is 9.69. The molecule has 0 radical (unpaired) electrons. The first-order valence-corrected chi connectivity index (χ1v) is 5.99. The second-order valence-corrected chi connectivity index (χ2v) is 4.70. The number of likely N-dealkylation sites (N-methyl/N-ethyl adjacent to an activating group) is 1. The van der Waals surface area contributed by atoms with Gasteiger partial charge in [0.2, 0.25) is 5.91 Å². The average Bonchev–Trinajstić information content (AvgIpc) is 2.70. The highest BCUT2D eigenvalue weighted by Crippen LogP contribution is 2.34. The van der Waals surface area contributed by atoms with Crippen LogP contribution in [0, 0.1) is 0 Å². The van der Waals surface area contributed by atoms with E-state index in [9.17, 15) is 4.79 Å². The first kappa shape index (κ1) is 11.6. The molecule has 6 nitrogen and oxygen atoms in total. The fourth-order valence-electron chi connectivity index (χ4n) is 2.28. The number of rotatable bonds is 1. The zero-order chi connectivity index (χ0) is 13.6. The van der Waals surface area contributed by atoms with Gasteiger partial charge in [0, 0.05) is 19.7 Å². The van der Waals surface area contributed by atoms with Crippen molar-refractivity contribution in [1.29, 1.82) is 0 Å². The third kappa shape index (κ3) is 1.81. The predicted octanol–water partition coefficient (Wildman–Crippen LogP) is 1.06. The summed E-state index contributed by atoms with van der Waals surface area (Å²) in [4.78, 5) is 13.4. The van der Waals surface area contributed by atoms with Gasteiger partial charge in [-0.3, -0.25) is 9.48 Å². The number of fused-ring (bicyclic) bond motifs is 1. The van der Waals surface area contributed by atoms with Crippen LogP contribution in [0.15, 0.2) is 24.4 Å². The van der Waals surface area contributed by atoms with Gasteiger partial charge in [-0.2, -0.15) is 5.10 Å². The van der Waals surface area contributed by atoms with E-state index < -0.39 is 0 Å². The average molecular weight is 257 g/mol. The monoisotopic (exact) mass is 257 g/mol. The van der Waals surface area contributed by atoms with Gasteiger partial charge < -0.3 is 16.0 Å². The summed E-state index contributed by atoms with van der Waals surface area (Å²) in [7, 11) is 3.71. The molecule has 2 aromatic rings. The first-order chi connectivity index (χ1) is 9.06. The van der Waals surface area contributed by atoms with Crippen molar-refractivity contribution in [3.8, 4) is 11.1 Å². The van der Waals surface area contributed by atoms with Crippen molar-refractivity contribution >= 4 is 23.1 Å². The Hall–Kier alpha value is -2.50. The molecule has 1 aliphatic rings. The van der Waals surface area contributed by atoms with Gasteiger partial charge in [0.1, 0.15) is 5.82 Å². The van der Waals surface area contributed by atoms with Gasteiger partial charge in [-0.15, -0.1) is 0 Å². The number of nitrogens with one attached hydrogen (secondary N) is 1. The van der Waals surface area contributed by atoms with E-state index in [1.807, 2.05) is 37.2 Å². The molecular formula is C13H15N5O. The van der Waals surface area contributed by atoms with Gasteiger partial charge in [-0.05, 0) is 17.7 Å². The Kier molecular flexibility index (Phi) is 2.45. The van der Waals surface area contributed by atoms with E-state index in [4.69, 9.17) is 5.73 Å². The maximum atomic E-state index is 11.5. The van der Waals surface area contributed by atoms with Gasteiger partial charge in [0.25, 0.3) is 0 Å².